The molecule has 0 spiro atoms. The van der Waals surface area contributed by atoms with Crippen LogP contribution in [0.4, 0.5) is 8.78 Å². The fourth-order valence-corrected chi connectivity index (χ4v) is 1.06. The first-order valence-corrected chi connectivity index (χ1v) is 4.07. The molecular formula is C9H9F2NO2. The lowest BCUT2D eigenvalue weighted by Crippen LogP contribution is -2.00. The third-order valence-electron chi connectivity index (χ3n) is 1.82. The number of aliphatic hydroxyl groups is 1. The number of halogens is 2. The SMILES string of the molecule is O=NCC[C@H](O)c1ccc(F)c(F)c1. The van der Waals surface area contributed by atoms with Gasteiger partial charge in [-0.3, -0.25) is 0 Å². The monoisotopic (exact) mass is 201 g/mol. The zero-order valence-electron chi connectivity index (χ0n) is 7.28. The van der Waals surface area contributed by atoms with Crippen molar-refractivity contribution in [3.63, 3.8) is 0 Å². The topological polar surface area (TPSA) is 49.7 Å². The van der Waals surface area contributed by atoms with Crippen LogP contribution < -0.4 is 0 Å². The van der Waals surface area contributed by atoms with Crippen molar-refractivity contribution in [2.45, 2.75) is 12.5 Å². The van der Waals surface area contributed by atoms with Gasteiger partial charge in [0.1, 0.15) is 0 Å². The maximum atomic E-state index is 12.7. The molecular weight excluding hydrogens is 192 g/mol. The van der Waals surface area contributed by atoms with Crippen LogP contribution in [-0.2, 0) is 0 Å². The molecule has 14 heavy (non-hydrogen) atoms. The van der Waals surface area contributed by atoms with E-state index >= 15 is 0 Å². The van der Waals surface area contributed by atoms with Crippen LogP contribution in [0, 0.1) is 16.5 Å². The van der Waals surface area contributed by atoms with Crippen molar-refractivity contribution in [2.75, 3.05) is 6.54 Å². The molecule has 0 amide bonds. The maximum absolute atomic E-state index is 12.7. The van der Waals surface area contributed by atoms with Crippen molar-refractivity contribution in [2.24, 2.45) is 5.18 Å². The summed E-state index contributed by atoms with van der Waals surface area (Å²) in [5.74, 6) is -1.98. The molecule has 0 radical (unpaired) electrons. The van der Waals surface area contributed by atoms with Crippen LogP contribution in [0.1, 0.15) is 18.1 Å². The average Bonchev–Trinajstić information content (AvgIpc) is 2.18. The molecule has 0 saturated heterocycles. The highest BCUT2D eigenvalue weighted by atomic mass is 19.2. The van der Waals surface area contributed by atoms with Crippen molar-refractivity contribution >= 4 is 0 Å². The molecule has 0 aromatic heterocycles. The van der Waals surface area contributed by atoms with Gasteiger partial charge in [0.05, 0.1) is 12.6 Å². The van der Waals surface area contributed by atoms with Crippen molar-refractivity contribution in [1.82, 2.24) is 0 Å². The maximum Gasteiger partial charge on any atom is 0.159 e. The first-order chi connectivity index (χ1) is 6.65. The van der Waals surface area contributed by atoms with E-state index in [2.05, 4.69) is 5.18 Å². The Hall–Kier alpha value is -1.36. The molecule has 0 fully saturated rings. The molecule has 0 unspecified atom stereocenters. The van der Waals surface area contributed by atoms with E-state index in [1.165, 1.54) is 6.07 Å². The van der Waals surface area contributed by atoms with Crippen LogP contribution >= 0.6 is 0 Å². The standard InChI is InChI=1S/C9H9F2NO2/c10-7-2-1-6(5-8(7)11)9(13)3-4-12-14/h1-2,5,9,13H,3-4H2/t9-/m0/s1. The number of rotatable bonds is 4. The fraction of sp³-hybridized carbons (Fsp3) is 0.333. The number of hydrogen-bond donors (Lipinski definition) is 1. The second-order valence-corrected chi connectivity index (χ2v) is 2.83. The minimum atomic E-state index is -1.01. The van der Waals surface area contributed by atoms with Gasteiger partial charge in [0, 0.05) is 6.42 Å². The van der Waals surface area contributed by atoms with E-state index in [9.17, 15) is 18.8 Å². The van der Waals surface area contributed by atoms with Gasteiger partial charge in [-0.15, -0.1) is 0 Å². The minimum absolute atomic E-state index is 0.0554. The second kappa shape index (κ2) is 4.76. The van der Waals surface area contributed by atoms with Gasteiger partial charge in [-0.2, -0.15) is 4.91 Å². The second-order valence-electron chi connectivity index (χ2n) is 2.83. The molecule has 3 nitrogen and oxygen atoms in total. The highest BCUT2D eigenvalue weighted by Crippen LogP contribution is 2.18. The molecule has 1 rings (SSSR count). The van der Waals surface area contributed by atoms with E-state index in [4.69, 9.17) is 0 Å². The molecule has 5 heteroatoms. The summed E-state index contributed by atoms with van der Waals surface area (Å²) in [7, 11) is 0. The molecule has 0 aliphatic heterocycles. The molecule has 0 bridgehead atoms. The van der Waals surface area contributed by atoms with E-state index in [0.717, 1.165) is 12.1 Å². The third-order valence-corrected chi connectivity index (χ3v) is 1.82. The predicted molar refractivity (Wildman–Crippen MR) is 46.6 cm³/mol. The number of nitroso groups, excluding NO2 is 1. The van der Waals surface area contributed by atoms with Gasteiger partial charge in [0.15, 0.2) is 11.6 Å². The van der Waals surface area contributed by atoms with Gasteiger partial charge in [0.25, 0.3) is 0 Å². The van der Waals surface area contributed by atoms with Gasteiger partial charge in [-0.25, -0.2) is 8.78 Å². The third kappa shape index (κ3) is 2.56. The summed E-state index contributed by atoms with van der Waals surface area (Å²) < 4.78 is 25.2. The Balaban J connectivity index is 2.75. The number of nitrogens with zero attached hydrogens (tertiary/aromatic N) is 1. The van der Waals surface area contributed by atoms with Gasteiger partial charge < -0.3 is 5.11 Å². The first-order valence-electron chi connectivity index (χ1n) is 4.07. The van der Waals surface area contributed by atoms with Gasteiger partial charge in [-0.1, -0.05) is 11.2 Å². The summed E-state index contributed by atoms with van der Waals surface area (Å²) in [4.78, 5) is 9.77. The molecule has 0 aliphatic rings. The molecule has 1 aromatic rings. The van der Waals surface area contributed by atoms with Crippen molar-refractivity contribution in [3.8, 4) is 0 Å². The number of aliphatic hydroxyl groups excluding tert-OH is 1. The lowest BCUT2D eigenvalue weighted by atomic mass is 10.1. The lowest BCUT2D eigenvalue weighted by molar-refractivity contribution is 0.169. The molecule has 0 heterocycles. The average molecular weight is 201 g/mol. The van der Waals surface area contributed by atoms with Crippen molar-refractivity contribution in [1.29, 1.82) is 0 Å². The van der Waals surface area contributed by atoms with Gasteiger partial charge in [0.2, 0.25) is 0 Å². The van der Waals surface area contributed by atoms with Crippen LogP contribution in [0.15, 0.2) is 23.4 Å². The highest BCUT2D eigenvalue weighted by Gasteiger charge is 2.10. The van der Waals surface area contributed by atoms with Gasteiger partial charge in [-0.05, 0) is 17.7 Å². The number of hydrogen-bond acceptors (Lipinski definition) is 3. The predicted octanol–water partition coefficient (Wildman–Crippen LogP) is 2.15. The molecule has 1 N–H and O–H groups in total. The normalized spacial score (nSPS) is 12.5. The summed E-state index contributed by atoms with van der Waals surface area (Å²) in [6, 6.07) is 3.11. The fourth-order valence-electron chi connectivity index (χ4n) is 1.06. The summed E-state index contributed by atoms with van der Waals surface area (Å²) in [5, 5.41) is 11.9. The molecule has 0 aliphatic carbocycles. The molecule has 0 saturated carbocycles. The van der Waals surface area contributed by atoms with Crippen LogP contribution in [0.3, 0.4) is 0 Å². The summed E-state index contributed by atoms with van der Waals surface area (Å²) >= 11 is 0. The summed E-state index contributed by atoms with van der Waals surface area (Å²) in [6.45, 7) is -0.0554. The Bertz CT molecular complexity index is 331. The minimum Gasteiger partial charge on any atom is -0.388 e. The van der Waals surface area contributed by atoms with Crippen molar-refractivity contribution in [3.05, 3.63) is 40.3 Å². The molecule has 1 atom stereocenters. The largest absolute Gasteiger partial charge is 0.388 e. The summed E-state index contributed by atoms with van der Waals surface area (Å²) in [6.07, 6.45) is -0.878. The first kappa shape index (κ1) is 10.7. The van der Waals surface area contributed by atoms with E-state index < -0.39 is 17.7 Å². The van der Waals surface area contributed by atoms with Gasteiger partial charge >= 0.3 is 0 Å². The Labute approximate surface area is 79.3 Å². The van der Waals surface area contributed by atoms with Crippen LogP contribution in [0.2, 0.25) is 0 Å². The Morgan fingerprint density at radius 3 is 2.64 bits per heavy atom. The Kier molecular flexibility index (Phi) is 3.64. The van der Waals surface area contributed by atoms with Crippen LogP contribution in [-0.4, -0.2) is 11.7 Å². The van der Waals surface area contributed by atoms with E-state index in [-0.39, 0.29) is 18.5 Å². The highest BCUT2D eigenvalue weighted by molar-refractivity contribution is 5.19. The molecule has 76 valence electrons. The molecule has 1 aromatic carbocycles. The van der Waals surface area contributed by atoms with E-state index in [1.807, 2.05) is 0 Å². The van der Waals surface area contributed by atoms with Crippen LogP contribution in [0.25, 0.3) is 0 Å². The summed E-state index contributed by atoms with van der Waals surface area (Å²) in [5.41, 5.74) is 0.243. The lowest BCUT2D eigenvalue weighted by Gasteiger charge is -2.08. The Morgan fingerprint density at radius 1 is 1.36 bits per heavy atom. The zero-order chi connectivity index (χ0) is 10.6. The van der Waals surface area contributed by atoms with Crippen molar-refractivity contribution < 1.29 is 13.9 Å². The van der Waals surface area contributed by atoms with Crippen LogP contribution in [0.5, 0.6) is 0 Å². The van der Waals surface area contributed by atoms with E-state index in [0.29, 0.717) is 0 Å². The quantitative estimate of drug-likeness (QED) is 0.759. The Morgan fingerprint density at radius 2 is 2.07 bits per heavy atom. The van der Waals surface area contributed by atoms with E-state index in [1.54, 1.807) is 0 Å². The zero-order valence-corrected chi connectivity index (χ0v) is 7.28. The number of benzene rings is 1. The smallest absolute Gasteiger partial charge is 0.159 e.